The molecular formula is C21H20ClN3O4S. The maximum absolute atomic E-state index is 13.0. The van der Waals surface area contributed by atoms with Crippen molar-refractivity contribution in [1.29, 1.82) is 0 Å². The zero-order valence-corrected chi connectivity index (χ0v) is 17.9. The molecule has 0 N–H and O–H groups in total. The molecule has 0 unspecified atom stereocenters. The van der Waals surface area contributed by atoms with E-state index < -0.39 is 5.97 Å². The van der Waals surface area contributed by atoms with E-state index >= 15 is 0 Å². The number of aromatic nitrogens is 2. The highest BCUT2D eigenvalue weighted by molar-refractivity contribution is 7.09. The Kier molecular flexibility index (Phi) is 6.15. The lowest BCUT2D eigenvalue weighted by molar-refractivity contribution is 0.0520. The molecule has 3 aromatic rings. The number of piperidine rings is 1. The van der Waals surface area contributed by atoms with Crippen molar-refractivity contribution < 1.29 is 18.7 Å². The molecule has 1 fully saturated rings. The van der Waals surface area contributed by atoms with Crippen LogP contribution in [0.25, 0.3) is 11.3 Å². The predicted octanol–water partition coefficient (Wildman–Crippen LogP) is 4.65. The third-order valence-electron chi connectivity index (χ3n) is 5.01. The smallest absolute Gasteiger partial charge is 0.357 e. The number of likely N-dealkylation sites (tertiary alicyclic amines) is 1. The van der Waals surface area contributed by atoms with Gasteiger partial charge in [-0.1, -0.05) is 11.6 Å². The van der Waals surface area contributed by atoms with E-state index in [2.05, 4.69) is 9.97 Å². The van der Waals surface area contributed by atoms with Crippen molar-refractivity contribution in [1.82, 2.24) is 14.9 Å². The first kappa shape index (κ1) is 20.6. The normalized spacial score (nSPS) is 14.7. The maximum Gasteiger partial charge on any atom is 0.357 e. The molecule has 3 heterocycles. The molecule has 0 spiro atoms. The number of esters is 1. The zero-order valence-electron chi connectivity index (χ0n) is 16.3. The lowest BCUT2D eigenvalue weighted by Crippen LogP contribution is -2.38. The average molecular weight is 446 g/mol. The van der Waals surface area contributed by atoms with Crippen LogP contribution in [0.5, 0.6) is 0 Å². The summed E-state index contributed by atoms with van der Waals surface area (Å²) in [6.07, 6.45) is 2.84. The summed E-state index contributed by atoms with van der Waals surface area (Å²) >= 11 is 7.41. The van der Waals surface area contributed by atoms with Crippen LogP contribution in [0, 0.1) is 0 Å². The maximum atomic E-state index is 13.0. The summed E-state index contributed by atoms with van der Waals surface area (Å²) in [7, 11) is 0. The molecule has 0 bridgehead atoms. The standard InChI is InChI=1S/C21H20ClN3O4S/c1-2-28-21(27)16-11-30-19(24-16)14-7-9-25(10-8-14)20(26)17-18(29-12-23-17)13-3-5-15(22)6-4-13/h3-6,11-12,14H,2,7-10H2,1H3. The molecule has 0 saturated carbocycles. The van der Waals surface area contributed by atoms with Crippen molar-refractivity contribution in [2.45, 2.75) is 25.7 Å². The second-order valence-electron chi connectivity index (χ2n) is 6.89. The molecule has 30 heavy (non-hydrogen) atoms. The molecule has 0 radical (unpaired) electrons. The summed E-state index contributed by atoms with van der Waals surface area (Å²) in [6.45, 7) is 3.27. The molecule has 0 aliphatic carbocycles. The number of carbonyl (C=O) groups is 2. The summed E-state index contributed by atoms with van der Waals surface area (Å²) in [4.78, 5) is 35.2. The van der Waals surface area contributed by atoms with Crippen LogP contribution in [-0.2, 0) is 4.74 Å². The average Bonchev–Trinajstić information content (AvgIpc) is 3.44. The van der Waals surface area contributed by atoms with Crippen molar-refractivity contribution in [2.75, 3.05) is 19.7 Å². The summed E-state index contributed by atoms with van der Waals surface area (Å²) in [5, 5.41) is 3.26. The van der Waals surface area contributed by atoms with E-state index in [0.717, 1.165) is 23.4 Å². The van der Waals surface area contributed by atoms with Crippen molar-refractivity contribution in [3.05, 3.63) is 57.5 Å². The number of oxazole rings is 1. The van der Waals surface area contributed by atoms with Crippen LogP contribution in [0.1, 0.15) is 51.7 Å². The summed E-state index contributed by atoms with van der Waals surface area (Å²) in [5.41, 5.74) is 1.41. The zero-order chi connectivity index (χ0) is 21.1. The van der Waals surface area contributed by atoms with Crippen LogP contribution in [0.3, 0.4) is 0 Å². The van der Waals surface area contributed by atoms with Gasteiger partial charge in [-0.25, -0.2) is 14.8 Å². The number of halogens is 1. The molecule has 1 aromatic carbocycles. The Balaban J connectivity index is 1.42. The SMILES string of the molecule is CCOC(=O)c1csc(C2CCN(C(=O)c3ncoc3-c3ccc(Cl)cc3)CC2)n1. The molecule has 4 rings (SSSR count). The lowest BCUT2D eigenvalue weighted by Gasteiger charge is -2.30. The highest BCUT2D eigenvalue weighted by Crippen LogP contribution is 2.32. The minimum atomic E-state index is -0.395. The van der Waals surface area contributed by atoms with Gasteiger partial charge in [0.25, 0.3) is 5.91 Å². The topological polar surface area (TPSA) is 85.5 Å². The van der Waals surface area contributed by atoms with E-state index in [1.54, 1.807) is 41.5 Å². The van der Waals surface area contributed by atoms with Crippen molar-refractivity contribution >= 4 is 34.8 Å². The third-order valence-corrected chi connectivity index (χ3v) is 6.27. The fourth-order valence-corrected chi connectivity index (χ4v) is 4.54. The molecule has 2 aromatic heterocycles. The molecule has 0 atom stereocenters. The van der Waals surface area contributed by atoms with Gasteiger partial charge < -0.3 is 14.1 Å². The first-order chi connectivity index (χ1) is 14.6. The molecule has 1 saturated heterocycles. The Bertz CT molecular complexity index is 1040. The number of rotatable bonds is 5. The Hall–Kier alpha value is -2.71. The van der Waals surface area contributed by atoms with Crippen LogP contribution in [0.15, 0.2) is 40.5 Å². The quantitative estimate of drug-likeness (QED) is 0.531. The van der Waals surface area contributed by atoms with Gasteiger partial charge in [-0.15, -0.1) is 11.3 Å². The van der Waals surface area contributed by atoms with Crippen LogP contribution in [0.2, 0.25) is 5.02 Å². The summed E-state index contributed by atoms with van der Waals surface area (Å²) in [6, 6.07) is 7.10. The van der Waals surface area contributed by atoms with E-state index in [9.17, 15) is 9.59 Å². The van der Waals surface area contributed by atoms with Gasteiger partial charge in [-0.2, -0.15) is 0 Å². The van der Waals surface area contributed by atoms with Gasteiger partial charge in [0.15, 0.2) is 23.5 Å². The Morgan fingerprint density at radius 3 is 2.70 bits per heavy atom. The number of hydrogen-bond donors (Lipinski definition) is 0. The van der Waals surface area contributed by atoms with Gasteiger partial charge in [-0.3, -0.25) is 4.79 Å². The van der Waals surface area contributed by atoms with Crippen LogP contribution < -0.4 is 0 Å². The van der Waals surface area contributed by atoms with Crippen LogP contribution in [0.4, 0.5) is 0 Å². The minimum Gasteiger partial charge on any atom is -0.461 e. The van der Waals surface area contributed by atoms with Gasteiger partial charge >= 0.3 is 5.97 Å². The van der Waals surface area contributed by atoms with Crippen molar-refractivity contribution in [3.8, 4) is 11.3 Å². The molecule has 7 nitrogen and oxygen atoms in total. The molecule has 1 aliphatic rings. The van der Waals surface area contributed by atoms with Gasteiger partial charge in [0.1, 0.15) is 0 Å². The van der Waals surface area contributed by atoms with E-state index in [-0.39, 0.29) is 11.8 Å². The fraction of sp³-hybridized carbons (Fsp3) is 0.333. The number of carbonyl (C=O) groups excluding carboxylic acids is 2. The molecular weight excluding hydrogens is 426 g/mol. The van der Waals surface area contributed by atoms with Gasteiger partial charge in [0.05, 0.1) is 11.6 Å². The van der Waals surface area contributed by atoms with Gasteiger partial charge in [0.2, 0.25) is 0 Å². The second-order valence-corrected chi connectivity index (χ2v) is 8.22. The molecule has 1 amide bonds. The van der Waals surface area contributed by atoms with E-state index in [1.807, 2.05) is 0 Å². The Labute approximate surface area is 182 Å². The first-order valence-electron chi connectivity index (χ1n) is 9.68. The number of amides is 1. The summed E-state index contributed by atoms with van der Waals surface area (Å²) < 4.78 is 10.5. The van der Waals surface area contributed by atoms with Gasteiger partial charge in [-0.05, 0) is 44.0 Å². The van der Waals surface area contributed by atoms with Crippen LogP contribution >= 0.6 is 22.9 Å². The number of nitrogens with zero attached hydrogens (tertiary/aromatic N) is 3. The highest BCUT2D eigenvalue weighted by Gasteiger charge is 2.30. The number of hydrogen-bond acceptors (Lipinski definition) is 7. The second kappa shape index (κ2) is 8.97. The van der Waals surface area contributed by atoms with E-state index in [0.29, 0.717) is 41.9 Å². The Morgan fingerprint density at radius 2 is 2.00 bits per heavy atom. The first-order valence-corrected chi connectivity index (χ1v) is 10.9. The van der Waals surface area contributed by atoms with E-state index in [4.69, 9.17) is 20.8 Å². The van der Waals surface area contributed by atoms with Gasteiger partial charge in [0, 0.05) is 35.0 Å². The third kappa shape index (κ3) is 4.24. The predicted molar refractivity (Wildman–Crippen MR) is 113 cm³/mol. The highest BCUT2D eigenvalue weighted by atomic mass is 35.5. The molecule has 9 heteroatoms. The number of thiazole rings is 1. The molecule has 156 valence electrons. The fourth-order valence-electron chi connectivity index (χ4n) is 3.46. The monoisotopic (exact) mass is 445 g/mol. The molecule has 1 aliphatic heterocycles. The van der Waals surface area contributed by atoms with Crippen molar-refractivity contribution in [2.24, 2.45) is 0 Å². The number of benzene rings is 1. The van der Waals surface area contributed by atoms with Crippen LogP contribution in [-0.4, -0.2) is 46.4 Å². The summed E-state index contributed by atoms with van der Waals surface area (Å²) in [5.74, 6) is 0.111. The minimum absolute atomic E-state index is 0.154. The Morgan fingerprint density at radius 1 is 1.27 bits per heavy atom. The number of ether oxygens (including phenoxy) is 1. The lowest BCUT2D eigenvalue weighted by atomic mass is 9.97. The largest absolute Gasteiger partial charge is 0.461 e. The van der Waals surface area contributed by atoms with Crippen molar-refractivity contribution in [3.63, 3.8) is 0 Å². The van der Waals surface area contributed by atoms with E-state index in [1.165, 1.54) is 17.7 Å².